The van der Waals surface area contributed by atoms with Crippen LogP contribution in [0.5, 0.6) is 0 Å². The summed E-state index contributed by atoms with van der Waals surface area (Å²) in [6.07, 6.45) is 5.76. The summed E-state index contributed by atoms with van der Waals surface area (Å²) < 4.78 is 9.41. The van der Waals surface area contributed by atoms with Gasteiger partial charge in [0.1, 0.15) is 5.76 Å². The molecule has 0 bridgehead atoms. The van der Waals surface area contributed by atoms with Gasteiger partial charge in [-0.2, -0.15) is 4.57 Å². The van der Waals surface area contributed by atoms with E-state index in [4.69, 9.17) is 4.42 Å². The summed E-state index contributed by atoms with van der Waals surface area (Å²) in [5.74, 6) is 1.52. The molecule has 0 amide bonds. The fraction of sp³-hybridized carbons (Fsp3) is 0.439. The fourth-order valence-electron chi connectivity index (χ4n) is 8.42. The highest BCUT2D eigenvalue weighted by molar-refractivity contribution is 6.09. The number of pyridine rings is 1. The van der Waals surface area contributed by atoms with E-state index >= 15 is 0 Å². The molecule has 1 aliphatic rings. The quantitative estimate of drug-likeness (QED) is 0.145. The Morgan fingerprint density at radius 1 is 1.00 bits per heavy atom. The molecule has 3 heterocycles. The molecule has 3 aromatic carbocycles. The Hall–Kier alpha value is -3.43. The van der Waals surface area contributed by atoms with Crippen molar-refractivity contribution in [1.29, 1.82) is 0 Å². The van der Waals surface area contributed by atoms with Crippen LogP contribution in [0.4, 0.5) is 0 Å². The predicted molar refractivity (Wildman–Crippen MR) is 186 cm³/mol. The molecule has 3 heteroatoms. The highest BCUT2D eigenvalue weighted by Crippen LogP contribution is 2.55. The topological polar surface area (TPSA) is 37.2 Å². The van der Waals surface area contributed by atoms with Crippen LogP contribution < -0.4 is 4.57 Å². The third-order valence-corrected chi connectivity index (χ3v) is 11.5. The van der Waals surface area contributed by atoms with Crippen molar-refractivity contribution < 1.29 is 14.1 Å². The molecule has 0 fully saturated rings. The summed E-state index contributed by atoms with van der Waals surface area (Å²) >= 11 is 0. The van der Waals surface area contributed by atoms with Crippen LogP contribution in [0.1, 0.15) is 95.7 Å². The van der Waals surface area contributed by atoms with Crippen LogP contribution in [0.3, 0.4) is 0 Å². The van der Waals surface area contributed by atoms with E-state index in [0.717, 1.165) is 41.5 Å². The minimum Gasteiger partial charge on any atom is -0.460 e. The molecule has 0 aliphatic carbocycles. The first kappa shape index (κ1) is 30.6. The molecule has 0 saturated carbocycles. The van der Waals surface area contributed by atoms with E-state index in [-0.39, 0.29) is 12.0 Å². The number of aliphatic hydroxyl groups excluding tert-OH is 1. The minimum atomic E-state index is -0.538. The Labute approximate surface area is 263 Å². The van der Waals surface area contributed by atoms with Gasteiger partial charge in [0.25, 0.3) is 0 Å². The van der Waals surface area contributed by atoms with Crippen molar-refractivity contribution in [3.63, 3.8) is 0 Å². The zero-order chi connectivity index (χ0) is 31.8. The molecule has 3 nitrogen and oxygen atoms in total. The molecule has 0 saturated heterocycles. The van der Waals surface area contributed by atoms with E-state index in [1.807, 2.05) is 0 Å². The highest BCUT2D eigenvalue weighted by atomic mass is 16.3. The smallest absolute Gasteiger partial charge is 0.225 e. The van der Waals surface area contributed by atoms with Gasteiger partial charge in [0.05, 0.1) is 21.8 Å². The Morgan fingerprint density at radius 3 is 2.30 bits per heavy atom. The van der Waals surface area contributed by atoms with Crippen LogP contribution in [0, 0.1) is 19.8 Å². The number of benzene rings is 3. The van der Waals surface area contributed by atoms with Crippen LogP contribution in [0.25, 0.3) is 43.9 Å². The van der Waals surface area contributed by atoms with Gasteiger partial charge >= 0.3 is 0 Å². The van der Waals surface area contributed by atoms with Gasteiger partial charge in [-0.3, -0.25) is 0 Å². The van der Waals surface area contributed by atoms with Crippen molar-refractivity contribution in [3.05, 3.63) is 89.2 Å². The maximum atomic E-state index is 10.7. The first-order valence-corrected chi connectivity index (χ1v) is 16.6. The third kappa shape index (κ3) is 4.08. The molecule has 230 valence electrons. The summed E-state index contributed by atoms with van der Waals surface area (Å²) in [7, 11) is 0. The van der Waals surface area contributed by atoms with Gasteiger partial charge in [-0.15, -0.1) is 0 Å². The van der Waals surface area contributed by atoms with Crippen LogP contribution >= 0.6 is 0 Å². The second kappa shape index (κ2) is 10.6. The molecule has 2 aromatic heterocycles. The molecule has 0 radical (unpaired) electrons. The van der Waals surface area contributed by atoms with E-state index < -0.39 is 11.0 Å². The average Bonchev–Trinajstić information content (AvgIpc) is 3.40. The maximum absolute atomic E-state index is 10.7. The van der Waals surface area contributed by atoms with Crippen LogP contribution in [0.15, 0.2) is 65.6 Å². The maximum Gasteiger partial charge on any atom is 0.225 e. The second-order valence-corrected chi connectivity index (χ2v) is 14.5. The molecule has 6 rings (SSSR count). The summed E-state index contributed by atoms with van der Waals surface area (Å²) in [6.45, 7) is 25.2. The molecule has 1 N–H and O–H groups in total. The van der Waals surface area contributed by atoms with Gasteiger partial charge in [0.15, 0.2) is 11.1 Å². The zero-order valence-electron chi connectivity index (χ0n) is 28.3. The normalized spacial score (nSPS) is 20.1. The standard InChI is InChI=1S/C41H50NO2/c1-11-39(8,12-2)33-24-31-36(30-17-15-14-16-29(30)33)40(9,18-19-43)41(10,13-3)42-34-22-26(6)21-27(7)35(34)38-32(37(31)42)23-28(44-38)20-25(4)5/h13-17,21-25,43H,3,11-12,18-20H2,1-2,4-10H3/q+1. The van der Waals surface area contributed by atoms with Gasteiger partial charge in [0, 0.05) is 26.0 Å². The van der Waals surface area contributed by atoms with Crippen molar-refractivity contribution in [2.45, 2.75) is 104 Å². The first-order valence-electron chi connectivity index (χ1n) is 16.6. The third-order valence-electron chi connectivity index (χ3n) is 11.5. The molecule has 5 aromatic rings. The number of fused-ring (bicyclic) bond motifs is 10. The highest BCUT2D eigenvalue weighted by Gasteiger charge is 2.59. The molecule has 0 spiro atoms. The molecule has 44 heavy (non-hydrogen) atoms. The van der Waals surface area contributed by atoms with E-state index in [2.05, 4.69) is 128 Å². The van der Waals surface area contributed by atoms with Gasteiger partial charge in [0.2, 0.25) is 11.2 Å². The fourth-order valence-corrected chi connectivity index (χ4v) is 8.42. The zero-order valence-corrected chi connectivity index (χ0v) is 28.3. The Kier molecular flexibility index (Phi) is 7.36. The molecule has 2 atom stereocenters. The summed E-state index contributed by atoms with van der Waals surface area (Å²) in [4.78, 5) is 0. The number of allylic oxidation sites excluding steroid dienone is 1. The average molecular weight is 589 g/mol. The van der Waals surface area contributed by atoms with E-state index in [1.54, 1.807) is 0 Å². The second-order valence-electron chi connectivity index (χ2n) is 14.5. The van der Waals surface area contributed by atoms with Crippen molar-refractivity contribution in [3.8, 4) is 11.3 Å². The van der Waals surface area contributed by atoms with Gasteiger partial charge in [-0.1, -0.05) is 71.5 Å². The van der Waals surface area contributed by atoms with E-state index in [9.17, 15) is 5.11 Å². The molecular formula is C41H50NO2+. The molecule has 2 unspecified atom stereocenters. The lowest BCUT2D eigenvalue weighted by molar-refractivity contribution is -0.728. The number of aromatic nitrogens is 1. The lowest BCUT2D eigenvalue weighted by atomic mass is 9.59. The summed E-state index contributed by atoms with van der Waals surface area (Å²) in [5.41, 5.74) is 8.79. The van der Waals surface area contributed by atoms with Gasteiger partial charge in [-0.25, -0.2) is 0 Å². The monoisotopic (exact) mass is 588 g/mol. The Balaban J connectivity index is 1.95. The van der Waals surface area contributed by atoms with Crippen molar-refractivity contribution in [2.24, 2.45) is 5.92 Å². The van der Waals surface area contributed by atoms with Crippen molar-refractivity contribution in [2.75, 3.05) is 6.61 Å². The number of aliphatic hydroxyl groups is 1. The lowest BCUT2D eigenvalue weighted by Gasteiger charge is -2.46. The number of nitrogens with zero attached hydrogens (tertiary/aromatic N) is 1. The Bertz CT molecular complexity index is 1940. The summed E-state index contributed by atoms with van der Waals surface area (Å²) in [5, 5.41) is 15.6. The number of furan rings is 1. The van der Waals surface area contributed by atoms with E-state index in [0.29, 0.717) is 12.3 Å². The van der Waals surface area contributed by atoms with Crippen molar-refractivity contribution >= 4 is 32.6 Å². The van der Waals surface area contributed by atoms with Gasteiger partial charge in [-0.05, 0) is 103 Å². The summed E-state index contributed by atoms with van der Waals surface area (Å²) in [6, 6.07) is 18.4. The largest absolute Gasteiger partial charge is 0.460 e. The molecular weight excluding hydrogens is 538 g/mol. The number of hydrogen-bond acceptors (Lipinski definition) is 2. The van der Waals surface area contributed by atoms with Crippen molar-refractivity contribution in [1.82, 2.24) is 0 Å². The number of hydrogen-bond donors (Lipinski definition) is 1. The Morgan fingerprint density at radius 2 is 1.68 bits per heavy atom. The number of aryl methyl sites for hydroxylation is 2. The van der Waals surface area contributed by atoms with Gasteiger partial charge < -0.3 is 9.52 Å². The number of rotatable bonds is 8. The van der Waals surface area contributed by atoms with E-state index in [1.165, 1.54) is 49.7 Å². The SMILES string of the molecule is C=CC1(C)[n+]2c(c3cc(CC(C)C)oc3c3c(C)cc(C)cc32)-c2cc(C(C)(CC)CC)c3ccccc3c2C1(C)CCO. The van der Waals surface area contributed by atoms with Crippen LogP contribution in [0.2, 0.25) is 0 Å². The minimum absolute atomic E-state index is 0.0222. The van der Waals surface area contributed by atoms with Crippen LogP contribution in [-0.4, -0.2) is 11.7 Å². The first-order chi connectivity index (χ1) is 20.9. The lowest BCUT2D eigenvalue weighted by Crippen LogP contribution is -2.67. The predicted octanol–water partition coefficient (Wildman–Crippen LogP) is 10.1. The van der Waals surface area contributed by atoms with Crippen LogP contribution in [-0.2, 0) is 22.8 Å². The molecule has 1 aliphatic heterocycles.